The second kappa shape index (κ2) is 13.2. The third-order valence-corrected chi connectivity index (χ3v) is 8.68. The molecule has 0 bridgehead atoms. The Balaban J connectivity index is 1.29. The summed E-state index contributed by atoms with van der Waals surface area (Å²) in [6, 6.07) is 22.7. The van der Waals surface area contributed by atoms with Crippen LogP contribution in [0.1, 0.15) is 83.8 Å². The Morgan fingerprint density at radius 2 is 1.50 bits per heavy atom. The van der Waals surface area contributed by atoms with Gasteiger partial charge in [-0.15, -0.1) is 0 Å². The topological polar surface area (TPSA) is 54.0 Å². The van der Waals surface area contributed by atoms with Crippen LogP contribution in [-0.4, -0.2) is 38.0 Å². The molecule has 1 aliphatic heterocycles. The van der Waals surface area contributed by atoms with Crippen molar-refractivity contribution < 1.29 is 23.6 Å². The molecule has 3 aromatic carbocycles. The fourth-order valence-corrected chi connectivity index (χ4v) is 5.30. The zero-order valence-corrected chi connectivity index (χ0v) is 25.1. The summed E-state index contributed by atoms with van der Waals surface area (Å²) >= 11 is 0. The standard InChI is InChI=1S/C34H45BO5/c1-25(27-18-19-29-24-31(37-6)21-20-28(29)23-27)32(36)38-22-12-17-30(35-39-33(2,3)34(4,5)40-35)16-11-10-15-26-13-8-7-9-14-26/h7-9,13-14,18-21,23-25,30H,10-12,15-17,22H2,1-6H3/t25-,30-/m0/s1. The van der Waals surface area contributed by atoms with Gasteiger partial charge in [0.15, 0.2) is 0 Å². The van der Waals surface area contributed by atoms with Crippen molar-refractivity contribution in [2.45, 2.75) is 96.1 Å². The molecule has 6 heteroatoms. The minimum Gasteiger partial charge on any atom is -0.497 e. The normalized spacial score (nSPS) is 17.5. The van der Waals surface area contributed by atoms with Gasteiger partial charge in [-0.25, -0.2) is 0 Å². The summed E-state index contributed by atoms with van der Waals surface area (Å²) in [6.45, 7) is 10.7. The Hall–Kier alpha value is -2.83. The number of rotatable bonds is 13. The monoisotopic (exact) mass is 544 g/mol. The molecule has 0 aliphatic carbocycles. The van der Waals surface area contributed by atoms with Gasteiger partial charge in [-0.3, -0.25) is 4.79 Å². The van der Waals surface area contributed by atoms with E-state index in [1.54, 1.807) is 7.11 Å². The lowest BCUT2D eigenvalue weighted by Crippen LogP contribution is -2.41. The van der Waals surface area contributed by atoms with Gasteiger partial charge in [-0.05, 0) is 100 Å². The largest absolute Gasteiger partial charge is 0.497 e. The number of carbonyl (C=O) groups is 1. The Bertz CT molecular complexity index is 1240. The molecule has 40 heavy (non-hydrogen) atoms. The van der Waals surface area contributed by atoms with Gasteiger partial charge in [0.1, 0.15) is 5.75 Å². The van der Waals surface area contributed by atoms with Crippen LogP contribution in [-0.2, 0) is 25.3 Å². The average molecular weight is 545 g/mol. The molecule has 1 aliphatic rings. The summed E-state index contributed by atoms with van der Waals surface area (Å²) in [6.07, 6.45) is 6.01. The maximum Gasteiger partial charge on any atom is 0.461 e. The third-order valence-electron chi connectivity index (χ3n) is 8.68. The fraction of sp³-hybridized carbons (Fsp3) is 0.500. The molecule has 0 saturated carbocycles. The van der Waals surface area contributed by atoms with Gasteiger partial charge < -0.3 is 18.8 Å². The van der Waals surface area contributed by atoms with Gasteiger partial charge in [0.05, 0.1) is 30.8 Å². The minimum absolute atomic E-state index is 0.192. The van der Waals surface area contributed by atoms with Crippen molar-refractivity contribution in [1.82, 2.24) is 0 Å². The van der Waals surface area contributed by atoms with Gasteiger partial charge in [-0.2, -0.15) is 0 Å². The number of hydrogen-bond acceptors (Lipinski definition) is 5. The smallest absolute Gasteiger partial charge is 0.461 e. The molecule has 4 rings (SSSR count). The quantitative estimate of drug-likeness (QED) is 0.123. The first kappa shape index (κ1) is 30.1. The predicted molar refractivity (Wildman–Crippen MR) is 163 cm³/mol. The number of benzene rings is 3. The van der Waals surface area contributed by atoms with Gasteiger partial charge in [-0.1, -0.05) is 67.4 Å². The van der Waals surface area contributed by atoms with E-state index >= 15 is 0 Å². The first-order valence-electron chi connectivity index (χ1n) is 14.7. The van der Waals surface area contributed by atoms with E-state index in [2.05, 4.69) is 64.1 Å². The third kappa shape index (κ3) is 7.47. The molecule has 0 spiro atoms. The summed E-state index contributed by atoms with van der Waals surface area (Å²) in [4.78, 5) is 12.9. The molecule has 3 aromatic rings. The van der Waals surface area contributed by atoms with Gasteiger partial charge in [0.2, 0.25) is 0 Å². The van der Waals surface area contributed by atoms with Crippen molar-refractivity contribution >= 4 is 23.9 Å². The second-order valence-corrected chi connectivity index (χ2v) is 12.1. The van der Waals surface area contributed by atoms with Crippen LogP contribution in [0.3, 0.4) is 0 Å². The van der Waals surface area contributed by atoms with Crippen LogP contribution < -0.4 is 4.74 Å². The van der Waals surface area contributed by atoms with E-state index in [0.717, 1.165) is 60.6 Å². The average Bonchev–Trinajstić information content (AvgIpc) is 3.17. The number of ether oxygens (including phenoxy) is 2. The van der Waals surface area contributed by atoms with Crippen molar-refractivity contribution in [3.63, 3.8) is 0 Å². The molecular weight excluding hydrogens is 499 g/mol. The molecule has 0 aromatic heterocycles. The van der Waals surface area contributed by atoms with E-state index in [1.165, 1.54) is 5.56 Å². The number of unbranched alkanes of at least 4 members (excludes halogenated alkanes) is 1. The molecule has 1 fully saturated rings. The molecular formula is C34H45BO5. The highest BCUT2D eigenvalue weighted by atomic mass is 16.7. The molecule has 0 unspecified atom stereocenters. The number of esters is 1. The Morgan fingerprint density at radius 3 is 2.20 bits per heavy atom. The van der Waals surface area contributed by atoms with Crippen molar-refractivity contribution in [1.29, 1.82) is 0 Å². The van der Waals surface area contributed by atoms with Gasteiger partial charge in [0, 0.05) is 0 Å². The first-order valence-corrected chi connectivity index (χ1v) is 14.7. The van der Waals surface area contributed by atoms with Gasteiger partial charge >= 0.3 is 13.1 Å². The first-order chi connectivity index (χ1) is 19.1. The van der Waals surface area contributed by atoms with E-state index in [1.807, 2.05) is 37.3 Å². The molecule has 1 heterocycles. The van der Waals surface area contributed by atoms with E-state index in [4.69, 9.17) is 18.8 Å². The molecule has 2 atom stereocenters. The maximum absolute atomic E-state index is 12.9. The summed E-state index contributed by atoms with van der Waals surface area (Å²) in [5, 5.41) is 2.16. The van der Waals surface area contributed by atoms with Crippen LogP contribution in [0.4, 0.5) is 0 Å². The number of fused-ring (bicyclic) bond motifs is 1. The zero-order chi connectivity index (χ0) is 28.8. The van der Waals surface area contributed by atoms with E-state index in [0.29, 0.717) is 6.61 Å². The lowest BCUT2D eigenvalue weighted by Gasteiger charge is -2.32. The van der Waals surface area contributed by atoms with E-state index < -0.39 is 0 Å². The minimum atomic E-state index is -0.354. The summed E-state index contributed by atoms with van der Waals surface area (Å²) in [5.74, 6) is 0.555. The molecule has 1 saturated heterocycles. The summed E-state index contributed by atoms with van der Waals surface area (Å²) in [5.41, 5.74) is 1.62. The molecule has 0 radical (unpaired) electrons. The Kier molecular flexibility index (Phi) is 9.97. The summed E-state index contributed by atoms with van der Waals surface area (Å²) in [7, 11) is 1.42. The summed E-state index contributed by atoms with van der Waals surface area (Å²) < 4.78 is 23.9. The molecule has 214 valence electrons. The van der Waals surface area contributed by atoms with Crippen LogP contribution >= 0.6 is 0 Å². The SMILES string of the molecule is COc1ccc2cc([C@H](C)C(=O)OCCC[C@H](CCCCc3ccccc3)B3OC(C)(C)C(C)(C)O3)ccc2c1. The van der Waals surface area contributed by atoms with Crippen LogP contribution in [0.2, 0.25) is 5.82 Å². The molecule has 5 nitrogen and oxygen atoms in total. The fourth-order valence-electron chi connectivity index (χ4n) is 5.30. The number of methoxy groups -OCH3 is 1. The van der Waals surface area contributed by atoms with Crippen molar-refractivity contribution in [2.75, 3.05) is 13.7 Å². The maximum atomic E-state index is 12.9. The highest BCUT2D eigenvalue weighted by Crippen LogP contribution is 2.42. The Morgan fingerprint density at radius 1 is 0.850 bits per heavy atom. The van der Waals surface area contributed by atoms with Gasteiger partial charge in [0.25, 0.3) is 0 Å². The molecule has 0 amide bonds. The zero-order valence-electron chi connectivity index (χ0n) is 25.1. The lowest BCUT2D eigenvalue weighted by molar-refractivity contribution is -0.145. The van der Waals surface area contributed by atoms with Crippen LogP contribution in [0, 0.1) is 0 Å². The van der Waals surface area contributed by atoms with Crippen molar-refractivity contribution in [3.05, 3.63) is 77.9 Å². The van der Waals surface area contributed by atoms with Crippen molar-refractivity contribution in [2.24, 2.45) is 0 Å². The lowest BCUT2D eigenvalue weighted by atomic mass is 9.67. The number of aryl methyl sites for hydroxylation is 1. The number of carbonyl (C=O) groups excluding carboxylic acids is 1. The predicted octanol–water partition coefficient (Wildman–Crippen LogP) is 8.15. The van der Waals surface area contributed by atoms with Crippen LogP contribution in [0.25, 0.3) is 10.8 Å². The van der Waals surface area contributed by atoms with Crippen LogP contribution in [0.5, 0.6) is 5.75 Å². The van der Waals surface area contributed by atoms with E-state index in [-0.39, 0.29) is 36.0 Å². The highest BCUT2D eigenvalue weighted by Gasteiger charge is 2.53. The highest BCUT2D eigenvalue weighted by molar-refractivity contribution is 6.47. The second-order valence-electron chi connectivity index (χ2n) is 12.1. The molecule has 0 N–H and O–H groups in total. The van der Waals surface area contributed by atoms with Crippen molar-refractivity contribution in [3.8, 4) is 5.75 Å². The number of hydrogen-bond donors (Lipinski definition) is 0. The van der Waals surface area contributed by atoms with Crippen LogP contribution in [0.15, 0.2) is 66.7 Å². The Labute approximate surface area is 240 Å². The van der Waals surface area contributed by atoms with E-state index in [9.17, 15) is 4.79 Å².